The lowest BCUT2D eigenvalue weighted by Crippen LogP contribution is -2.64. The maximum absolute atomic E-state index is 14.0. The van der Waals surface area contributed by atoms with Gasteiger partial charge in [-0.15, -0.1) is 0 Å². The van der Waals surface area contributed by atoms with E-state index in [2.05, 4.69) is 24.8 Å². The monoisotopic (exact) mass is 522 g/mol. The Morgan fingerprint density at radius 1 is 1.08 bits per heavy atom. The van der Waals surface area contributed by atoms with Crippen LogP contribution in [0, 0.1) is 11.6 Å². The van der Waals surface area contributed by atoms with Crippen LogP contribution < -0.4 is 16.4 Å². The molecule has 0 radical (unpaired) electrons. The zero-order valence-electron chi connectivity index (χ0n) is 20.7. The predicted octanol–water partition coefficient (Wildman–Crippen LogP) is 2.51. The standard InChI is InChI=1S/C26H28F2N8O2/c27-18-3-2-16(8-19(18)28)20-9-17(11-36-15-34-23-24(29)32-14-33-25(23)36)21(10-31-20)35-5-1-4-26(30,13-35)22-12-37-6-7-38-22/h2-3,8-10,14-15,22H,1,4-7,11-13,30H2,(H2,29,32,33)/t22-,26+/m0/s1. The van der Waals surface area contributed by atoms with E-state index in [9.17, 15) is 8.78 Å². The molecule has 2 aliphatic heterocycles. The van der Waals surface area contributed by atoms with Crippen molar-refractivity contribution >= 4 is 22.7 Å². The van der Waals surface area contributed by atoms with Gasteiger partial charge in [0.15, 0.2) is 23.1 Å². The summed E-state index contributed by atoms with van der Waals surface area (Å²) in [6.45, 7) is 3.29. The van der Waals surface area contributed by atoms with Crippen molar-refractivity contribution in [3.8, 4) is 11.3 Å². The number of nitrogens with zero attached hydrogens (tertiary/aromatic N) is 6. The number of aromatic nitrogens is 5. The first-order chi connectivity index (χ1) is 18.4. The number of ether oxygens (including phenoxy) is 2. The van der Waals surface area contributed by atoms with Crippen molar-refractivity contribution in [1.29, 1.82) is 0 Å². The lowest BCUT2D eigenvalue weighted by Gasteiger charge is -2.46. The number of imidazole rings is 1. The van der Waals surface area contributed by atoms with Crippen LogP contribution in [0.4, 0.5) is 20.3 Å². The van der Waals surface area contributed by atoms with Crippen LogP contribution in [-0.2, 0) is 16.0 Å². The highest BCUT2D eigenvalue weighted by molar-refractivity contribution is 5.81. The summed E-state index contributed by atoms with van der Waals surface area (Å²) in [5, 5.41) is 0. The summed E-state index contributed by atoms with van der Waals surface area (Å²) in [6, 6.07) is 5.64. The van der Waals surface area contributed by atoms with Crippen molar-refractivity contribution in [2.45, 2.75) is 31.0 Å². The van der Waals surface area contributed by atoms with E-state index in [1.807, 2.05) is 10.6 Å². The number of rotatable bonds is 5. The van der Waals surface area contributed by atoms with E-state index in [0.717, 1.165) is 42.8 Å². The van der Waals surface area contributed by atoms with Crippen LogP contribution in [-0.4, -0.2) is 69.1 Å². The second kappa shape index (κ2) is 9.86. The van der Waals surface area contributed by atoms with Gasteiger partial charge >= 0.3 is 0 Å². The number of hydrogen-bond acceptors (Lipinski definition) is 9. The van der Waals surface area contributed by atoms with Crippen LogP contribution in [0.15, 0.2) is 43.1 Å². The van der Waals surface area contributed by atoms with Gasteiger partial charge in [-0.3, -0.25) is 4.98 Å². The molecular weight excluding hydrogens is 494 g/mol. The average Bonchev–Trinajstić information content (AvgIpc) is 3.35. The Balaban J connectivity index is 1.39. The van der Waals surface area contributed by atoms with Gasteiger partial charge in [-0.2, -0.15) is 0 Å². The molecule has 2 aliphatic rings. The Kier molecular flexibility index (Phi) is 6.38. The van der Waals surface area contributed by atoms with Crippen molar-refractivity contribution in [3.05, 3.63) is 60.3 Å². The zero-order chi connectivity index (χ0) is 26.3. The molecule has 2 atom stereocenters. The van der Waals surface area contributed by atoms with Crippen molar-refractivity contribution < 1.29 is 18.3 Å². The quantitative estimate of drug-likeness (QED) is 0.406. The van der Waals surface area contributed by atoms with Gasteiger partial charge in [-0.1, -0.05) is 0 Å². The molecular formula is C26H28F2N8O2. The van der Waals surface area contributed by atoms with Crippen molar-refractivity contribution in [3.63, 3.8) is 0 Å². The lowest BCUT2D eigenvalue weighted by molar-refractivity contribution is -0.119. The number of piperidine rings is 1. The van der Waals surface area contributed by atoms with Gasteiger partial charge in [0, 0.05) is 18.7 Å². The molecule has 3 aromatic heterocycles. The van der Waals surface area contributed by atoms with E-state index in [-0.39, 0.29) is 6.10 Å². The molecule has 4 N–H and O–H groups in total. The van der Waals surface area contributed by atoms with Crippen LogP contribution in [0.2, 0.25) is 0 Å². The summed E-state index contributed by atoms with van der Waals surface area (Å²) in [5.74, 6) is -1.54. The van der Waals surface area contributed by atoms with E-state index in [1.54, 1.807) is 12.5 Å². The first-order valence-electron chi connectivity index (χ1n) is 12.5. The number of fused-ring (bicyclic) bond motifs is 1. The molecule has 38 heavy (non-hydrogen) atoms. The summed E-state index contributed by atoms with van der Waals surface area (Å²) >= 11 is 0. The molecule has 12 heteroatoms. The van der Waals surface area contributed by atoms with Gasteiger partial charge in [0.1, 0.15) is 17.9 Å². The molecule has 5 heterocycles. The highest BCUT2D eigenvalue weighted by Gasteiger charge is 2.41. The number of benzene rings is 1. The highest BCUT2D eigenvalue weighted by atomic mass is 19.2. The Bertz CT molecular complexity index is 1480. The molecule has 0 unspecified atom stereocenters. The van der Waals surface area contributed by atoms with Crippen molar-refractivity contribution in [2.75, 3.05) is 43.5 Å². The van der Waals surface area contributed by atoms with Gasteiger partial charge in [0.05, 0.1) is 55.8 Å². The maximum Gasteiger partial charge on any atom is 0.165 e. The fourth-order valence-corrected chi connectivity index (χ4v) is 5.31. The van der Waals surface area contributed by atoms with Gasteiger partial charge in [0.25, 0.3) is 0 Å². The first-order valence-corrected chi connectivity index (χ1v) is 12.5. The van der Waals surface area contributed by atoms with Crippen LogP contribution in [0.3, 0.4) is 0 Å². The topological polar surface area (TPSA) is 130 Å². The number of hydrogen-bond donors (Lipinski definition) is 2. The first kappa shape index (κ1) is 24.6. The second-order valence-corrected chi connectivity index (χ2v) is 9.82. The van der Waals surface area contributed by atoms with Crippen LogP contribution in [0.5, 0.6) is 0 Å². The van der Waals surface area contributed by atoms with Gasteiger partial charge in [0.2, 0.25) is 0 Å². The molecule has 6 rings (SSSR count). The number of pyridine rings is 1. The van der Waals surface area contributed by atoms with E-state index in [1.165, 1.54) is 12.4 Å². The molecule has 0 bridgehead atoms. The minimum atomic E-state index is -0.929. The Labute approximate surface area is 217 Å². The van der Waals surface area contributed by atoms with Crippen LogP contribution in [0.25, 0.3) is 22.4 Å². The summed E-state index contributed by atoms with van der Waals surface area (Å²) < 4.78 is 41.1. The largest absolute Gasteiger partial charge is 0.382 e. The Hall–Kier alpha value is -3.74. The van der Waals surface area contributed by atoms with Crippen molar-refractivity contribution in [2.24, 2.45) is 5.73 Å². The third-order valence-corrected chi connectivity index (χ3v) is 7.30. The molecule has 0 aliphatic carbocycles. The molecule has 0 saturated carbocycles. The number of nitrogen functional groups attached to an aromatic ring is 1. The fourth-order valence-electron chi connectivity index (χ4n) is 5.31. The Morgan fingerprint density at radius 2 is 1.97 bits per heavy atom. The Morgan fingerprint density at radius 3 is 2.79 bits per heavy atom. The summed E-state index contributed by atoms with van der Waals surface area (Å²) in [4.78, 5) is 19.6. The molecule has 2 fully saturated rings. The molecule has 10 nitrogen and oxygen atoms in total. The average molecular weight is 523 g/mol. The zero-order valence-corrected chi connectivity index (χ0v) is 20.7. The van der Waals surface area contributed by atoms with Gasteiger partial charge in [-0.25, -0.2) is 23.7 Å². The molecule has 198 valence electrons. The predicted molar refractivity (Wildman–Crippen MR) is 137 cm³/mol. The summed E-state index contributed by atoms with van der Waals surface area (Å²) in [6.07, 6.45) is 6.31. The molecule has 0 spiro atoms. The van der Waals surface area contributed by atoms with E-state index in [0.29, 0.717) is 61.1 Å². The van der Waals surface area contributed by atoms with E-state index < -0.39 is 17.2 Å². The van der Waals surface area contributed by atoms with E-state index in [4.69, 9.17) is 20.9 Å². The molecule has 2 saturated heterocycles. The summed E-state index contributed by atoms with van der Waals surface area (Å²) in [5.41, 5.74) is 16.2. The minimum Gasteiger partial charge on any atom is -0.382 e. The van der Waals surface area contributed by atoms with Crippen LogP contribution >= 0.6 is 0 Å². The van der Waals surface area contributed by atoms with Gasteiger partial charge in [-0.05, 0) is 42.7 Å². The fraction of sp³-hybridized carbons (Fsp3) is 0.385. The number of nitrogens with two attached hydrogens (primary N) is 2. The van der Waals surface area contributed by atoms with Gasteiger partial charge < -0.3 is 30.4 Å². The molecule has 1 aromatic carbocycles. The van der Waals surface area contributed by atoms with Crippen LogP contribution in [0.1, 0.15) is 18.4 Å². The second-order valence-electron chi connectivity index (χ2n) is 9.82. The minimum absolute atomic E-state index is 0.200. The smallest absolute Gasteiger partial charge is 0.165 e. The summed E-state index contributed by atoms with van der Waals surface area (Å²) in [7, 11) is 0. The number of anilines is 2. The lowest BCUT2D eigenvalue weighted by atomic mass is 9.84. The number of halogens is 2. The molecule has 0 amide bonds. The maximum atomic E-state index is 14.0. The van der Waals surface area contributed by atoms with E-state index >= 15 is 0 Å². The molecule has 4 aromatic rings. The normalized spacial score (nSPS) is 22.2. The highest BCUT2D eigenvalue weighted by Crippen LogP contribution is 2.33. The SMILES string of the molecule is Nc1ncnc2c1ncn2Cc1cc(-c2ccc(F)c(F)c2)ncc1N1CCC[C@](N)([C@@H]2COCCO2)C1. The third-order valence-electron chi connectivity index (χ3n) is 7.30. The van der Waals surface area contributed by atoms with Crippen molar-refractivity contribution in [1.82, 2.24) is 24.5 Å². The third kappa shape index (κ3) is 4.55.